The Morgan fingerprint density at radius 3 is 2.88 bits per heavy atom. The Morgan fingerprint density at radius 1 is 1.44 bits per heavy atom. The van der Waals surface area contributed by atoms with Crippen molar-refractivity contribution in [2.45, 2.75) is 13.8 Å². The summed E-state index contributed by atoms with van der Waals surface area (Å²) in [4.78, 5) is 9.06. The van der Waals surface area contributed by atoms with Gasteiger partial charge in [-0.25, -0.2) is 9.97 Å². The molecule has 5 heteroatoms. The lowest BCUT2D eigenvalue weighted by Crippen LogP contribution is -1.92. The molecule has 2 aromatic rings. The molecule has 0 atom stereocenters. The number of nitrogens with zero attached hydrogens (tertiary/aromatic N) is 3. The molecule has 0 aliphatic carbocycles. The van der Waals surface area contributed by atoms with Crippen molar-refractivity contribution in [1.29, 1.82) is 5.26 Å². The van der Waals surface area contributed by atoms with Gasteiger partial charge in [0, 0.05) is 6.20 Å². The molecule has 0 radical (unpaired) electrons. The van der Waals surface area contributed by atoms with Crippen molar-refractivity contribution in [2.24, 2.45) is 0 Å². The van der Waals surface area contributed by atoms with Gasteiger partial charge < -0.3 is 5.32 Å². The summed E-state index contributed by atoms with van der Waals surface area (Å²) in [5.74, 6) is 0.748. The molecule has 0 amide bonds. The van der Waals surface area contributed by atoms with Gasteiger partial charge in [-0.2, -0.15) is 5.26 Å². The second kappa shape index (κ2) is 4.29. The van der Waals surface area contributed by atoms with E-state index >= 15 is 0 Å². The molecule has 2 heterocycles. The first-order chi connectivity index (χ1) is 7.69. The third kappa shape index (κ3) is 2.18. The highest BCUT2D eigenvalue weighted by atomic mass is 32.1. The van der Waals surface area contributed by atoms with Crippen molar-refractivity contribution in [3.8, 4) is 6.07 Å². The van der Waals surface area contributed by atoms with E-state index in [1.807, 2.05) is 26.0 Å². The summed E-state index contributed by atoms with van der Waals surface area (Å²) in [6, 6.07) is 5.97. The number of nitrogens with one attached hydrogen (secondary N) is 1. The zero-order chi connectivity index (χ0) is 11.5. The molecule has 0 fully saturated rings. The van der Waals surface area contributed by atoms with Crippen LogP contribution in [0.25, 0.3) is 0 Å². The van der Waals surface area contributed by atoms with E-state index in [9.17, 15) is 0 Å². The first kappa shape index (κ1) is 10.6. The SMILES string of the molecule is Cc1ccnc(Nc2nc(C)c(C#N)s2)c1. The smallest absolute Gasteiger partial charge is 0.189 e. The summed E-state index contributed by atoms with van der Waals surface area (Å²) in [5.41, 5.74) is 1.88. The summed E-state index contributed by atoms with van der Waals surface area (Å²) in [5, 5.41) is 12.6. The molecule has 80 valence electrons. The standard InChI is InChI=1S/C11H10N4S/c1-7-3-4-13-10(5-7)15-11-14-8(2)9(6-12)16-11/h3-5H,1-2H3,(H,13,14,15). The van der Waals surface area contributed by atoms with Gasteiger partial charge in [-0.15, -0.1) is 0 Å². The maximum atomic E-state index is 8.82. The first-order valence-corrected chi connectivity index (χ1v) is 5.58. The fourth-order valence-corrected chi connectivity index (χ4v) is 2.04. The Balaban J connectivity index is 2.24. The molecule has 0 aromatic carbocycles. The van der Waals surface area contributed by atoms with E-state index in [0.717, 1.165) is 17.1 Å². The van der Waals surface area contributed by atoms with Crippen LogP contribution < -0.4 is 5.32 Å². The molecule has 0 spiro atoms. The largest absolute Gasteiger partial charge is 0.316 e. The second-order valence-electron chi connectivity index (χ2n) is 3.39. The van der Waals surface area contributed by atoms with Crippen LogP contribution in [0.5, 0.6) is 0 Å². The number of pyridine rings is 1. The van der Waals surface area contributed by atoms with Crippen LogP contribution in [0.2, 0.25) is 0 Å². The Morgan fingerprint density at radius 2 is 2.25 bits per heavy atom. The number of hydrogen-bond acceptors (Lipinski definition) is 5. The molecule has 0 saturated carbocycles. The molecule has 0 bridgehead atoms. The van der Waals surface area contributed by atoms with Crippen LogP contribution in [0, 0.1) is 25.2 Å². The molecular weight excluding hydrogens is 220 g/mol. The number of hydrogen-bond donors (Lipinski definition) is 1. The average Bonchev–Trinajstić information content (AvgIpc) is 2.58. The number of aromatic nitrogens is 2. The molecule has 2 rings (SSSR count). The van der Waals surface area contributed by atoms with Crippen LogP contribution in [0.1, 0.15) is 16.1 Å². The van der Waals surface area contributed by atoms with Gasteiger partial charge in [0.05, 0.1) is 5.69 Å². The minimum absolute atomic E-state index is 0.634. The number of nitriles is 1. The first-order valence-electron chi connectivity index (χ1n) is 4.76. The summed E-state index contributed by atoms with van der Waals surface area (Å²) in [6.07, 6.45) is 1.74. The predicted molar refractivity (Wildman–Crippen MR) is 63.8 cm³/mol. The normalized spacial score (nSPS) is 9.81. The van der Waals surface area contributed by atoms with Crippen LogP contribution in [-0.2, 0) is 0 Å². The van der Waals surface area contributed by atoms with E-state index in [2.05, 4.69) is 21.4 Å². The zero-order valence-corrected chi connectivity index (χ0v) is 9.80. The van der Waals surface area contributed by atoms with Gasteiger partial charge in [-0.1, -0.05) is 11.3 Å². The molecule has 1 N–H and O–H groups in total. The number of rotatable bonds is 2. The highest BCUT2D eigenvalue weighted by Crippen LogP contribution is 2.24. The van der Waals surface area contributed by atoms with E-state index in [-0.39, 0.29) is 0 Å². The summed E-state index contributed by atoms with van der Waals surface area (Å²) in [7, 11) is 0. The van der Waals surface area contributed by atoms with Crippen molar-refractivity contribution in [2.75, 3.05) is 5.32 Å². The fourth-order valence-electron chi connectivity index (χ4n) is 1.27. The monoisotopic (exact) mass is 230 g/mol. The van der Waals surface area contributed by atoms with E-state index < -0.39 is 0 Å². The lowest BCUT2D eigenvalue weighted by Gasteiger charge is -2.01. The average molecular weight is 230 g/mol. The summed E-state index contributed by atoms with van der Waals surface area (Å²) < 4.78 is 0. The minimum atomic E-state index is 0.634. The molecule has 16 heavy (non-hydrogen) atoms. The van der Waals surface area contributed by atoms with E-state index in [1.54, 1.807) is 6.20 Å². The van der Waals surface area contributed by atoms with Gasteiger partial charge in [0.1, 0.15) is 16.8 Å². The Bertz CT molecular complexity index is 553. The molecule has 0 aliphatic heterocycles. The molecular formula is C11H10N4S. The number of aryl methyl sites for hydroxylation is 2. The quantitative estimate of drug-likeness (QED) is 0.861. The predicted octanol–water partition coefficient (Wildman–Crippen LogP) is 2.77. The summed E-state index contributed by atoms with van der Waals surface area (Å²) in [6.45, 7) is 3.82. The van der Waals surface area contributed by atoms with E-state index in [0.29, 0.717) is 10.0 Å². The van der Waals surface area contributed by atoms with Gasteiger partial charge in [0.15, 0.2) is 5.13 Å². The molecule has 0 aliphatic rings. The third-order valence-electron chi connectivity index (χ3n) is 2.05. The maximum Gasteiger partial charge on any atom is 0.189 e. The third-order valence-corrected chi connectivity index (χ3v) is 3.03. The van der Waals surface area contributed by atoms with Gasteiger partial charge in [-0.3, -0.25) is 0 Å². The van der Waals surface area contributed by atoms with Crippen LogP contribution in [-0.4, -0.2) is 9.97 Å². The van der Waals surface area contributed by atoms with Crippen molar-refractivity contribution >= 4 is 22.3 Å². The van der Waals surface area contributed by atoms with Gasteiger partial charge in [0.2, 0.25) is 0 Å². The van der Waals surface area contributed by atoms with Crippen LogP contribution >= 0.6 is 11.3 Å². The molecule has 0 unspecified atom stereocenters. The fraction of sp³-hybridized carbons (Fsp3) is 0.182. The van der Waals surface area contributed by atoms with Crippen LogP contribution in [0.15, 0.2) is 18.3 Å². The maximum absolute atomic E-state index is 8.82. The number of anilines is 2. The zero-order valence-electron chi connectivity index (χ0n) is 8.98. The number of thiazole rings is 1. The molecule has 4 nitrogen and oxygen atoms in total. The Hall–Kier alpha value is -1.93. The Kier molecular flexibility index (Phi) is 2.84. The molecule has 2 aromatic heterocycles. The highest BCUT2D eigenvalue weighted by Gasteiger charge is 2.07. The second-order valence-corrected chi connectivity index (χ2v) is 4.39. The van der Waals surface area contributed by atoms with Crippen molar-refractivity contribution in [3.05, 3.63) is 34.5 Å². The van der Waals surface area contributed by atoms with Gasteiger partial charge in [-0.05, 0) is 31.5 Å². The van der Waals surface area contributed by atoms with Gasteiger partial charge in [0.25, 0.3) is 0 Å². The summed E-state index contributed by atoms with van der Waals surface area (Å²) >= 11 is 1.34. The van der Waals surface area contributed by atoms with Crippen molar-refractivity contribution < 1.29 is 0 Å². The lowest BCUT2D eigenvalue weighted by atomic mass is 10.3. The lowest BCUT2D eigenvalue weighted by molar-refractivity contribution is 1.22. The van der Waals surface area contributed by atoms with Gasteiger partial charge >= 0.3 is 0 Å². The van der Waals surface area contributed by atoms with E-state index in [1.165, 1.54) is 11.3 Å². The van der Waals surface area contributed by atoms with Crippen molar-refractivity contribution in [1.82, 2.24) is 9.97 Å². The minimum Gasteiger partial charge on any atom is -0.316 e. The van der Waals surface area contributed by atoms with E-state index in [4.69, 9.17) is 5.26 Å². The highest BCUT2D eigenvalue weighted by molar-refractivity contribution is 7.16. The topological polar surface area (TPSA) is 61.6 Å². The van der Waals surface area contributed by atoms with Crippen LogP contribution in [0.3, 0.4) is 0 Å². The van der Waals surface area contributed by atoms with Crippen molar-refractivity contribution in [3.63, 3.8) is 0 Å². The Labute approximate surface area is 97.6 Å². The molecule has 0 saturated heterocycles. The van der Waals surface area contributed by atoms with Crippen LogP contribution in [0.4, 0.5) is 10.9 Å².